The van der Waals surface area contributed by atoms with E-state index in [4.69, 9.17) is 0 Å². The highest BCUT2D eigenvalue weighted by Gasteiger charge is 2.12. The van der Waals surface area contributed by atoms with Crippen LogP contribution in [0.15, 0.2) is 0 Å². The van der Waals surface area contributed by atoms with Gasteiger partial charge >= 0.3 is 5.97 Å². The lowest BCUT2D eigenvalue weighted by Crippen LogP contribution is -2.20. The van der Waals surface area contributed by atoms with Crippen molar-refractivity contribution in [3.05, 3.63) is 0 Å². The number of hydrogen-bond acceptors (Lipinski definition) is 3. The van der Waals surface area contributed by atoms with Gasteiger partial charge in [0.1, 0.15) is 0 Å². The predicted molar refractivity (Wildman–Crippen MR) is 44.4 cm³/mol. The molecule has 0 unspecified atom stereocenters. The first kappa shape index (κ1) is 10.4. The Bertz CT molecular complexity index is 123. The van der Waals surface area contributed by atoms with Crippen molar-refractivity contribution in [1.29, 1.82) is 0 Å². The lowest BCUT2D eigenvalue weighted by molar-refractivity contribution is -0.145. The van der Waals surface area contributed by atoms with E-state index in [1.54, 1.807) is 0 Å². The topological polar surface area (TPSA) is 29.5 Å². The Morgan fingerprint density at radius 1 is 1.55 bits per heavy atom. The lowest BCUT2D eigenvalue weighted by atomic mass is 10.1. The van der Waals surface area contributed by atoms with E-state index >= 15 is 0 Å². The molecule has 0 aliphatic rings. The van der Waals surface area contributed by atoms with Gasteiger partial charge in [-0.3, -0.25) is 4.79 Å². The molecule has 0 fully saturated rings. The van der Waals surface area contributed by atoms with Crippen LogP contribution in [0.4, 0.5) is 0 Å². The summed E-state index contributed by atoms with van der Waals surface area (Å²) >= 11 is 0. The molecule has 0 aromatic carbocycles. The molecule has 0 bridgehead atoms. The standard InChI is InChI=1S/C8H17NO2/c1-7(8(10)11-4)5-6-9(2)3/h7H,5-6H2,1-4H3/t7-/m0/s1. The Morgan fingerprint density at radius 3 is 2.45 bits per heavy atom. The van der Waals surface area contributed by atoms with E-state index in [9.17, 15) is 4.79 Å². The number of carbonyl (C=O) groups is 1. The maximum Gasteiger partial charge on any atom is 0.308 e. The number of rotatable bonds is 4. The Balaban J connectivity index is 3.52. The number of hydrogen-bond donors (Lipinski definition) is 0. The second kappa shape index (κ2) is 5.13. The smallest absolute Gasteiger partial charge is 0.308 e. The molecule has 1 atom stereocenters. The van der Waals surface area contributed by atoms with Gasteiger partial charge in [-0.15, -0.1) is 0 Å². The largest absolute Gasteiger partial charge is 0.469 e. The minimum Gasteiger partial charge on any atom is -0.469 e. The van der Waals surface area contributed by atoms with Gasteiger partial charge < -0.3 is 9.64 Å². The van der Waals surface area contributed by atoms with Gasteiger partial charge in [-0.25, -0.2) is 0 Å². The molecule has 0 saturated carbocycles. The molecule has 0 amide bonds. The van der Waals surface area contributed by atoms with Crippen molar-refractivity contribution >= 4 is 5.97 Å². The van der Waals surface area contributed by atoms with Gasteiger partial charge in [0.05, 0.1) is 13.0 Å². The Morgan fingerprint density at radius 2 is 2.09 bits per heavy atom. The molecule has 0 spiro atoms. The summed E-state index contributed by atoms with van der Waals surface area (Å²) in [5, 5.41) is 0. The minimum absolute atomic E-state index is 0.0161. The van der Waals surface area contributed by atoms with Crippen molar-refractivity contribution in [1.82, 2.24) is 4.90 Å². The van der Waals surface area contributed by atoms with Gasteiger partial charge in [-0.2, -0.15) is 0 Å². The van der Waals surface area contributed by atoms with Crippen LogP contribution in [0.3, 0.4) is 0 Å². The summed E-state index contributed by atoms with van der Waals surface area (Å²) in [6.07, 6.45) is 0.861. The molecular formula is C8H17NO2. The molecule has 0 saturated heterocycles. The quantitative estimate of drug-likeness (QED) is 0.567. The molecule has 0 radical (unpaired) electrons. The van der Waals surface area contributed by atoms with Gasteiger partial charge in [0.25, 0.3) is 0 Å². The van der Waals surface area contributed by atoms with Crippen molar-refractivity contribution < 1.29 is 9.53 Å². The maximum absolute atomic E-state index is 10.9. The third-order valence-corrected chi connectivity index (χ3v) is 1.61. The van der Waals surface area contributed by atoms with E-state index in [-0.39, 0.29) is 11.9 Å². The lowest BCUT2D eigenvalue weighted by Gasteiger charge is -2.12. The van der Waals surface area contributed by atoms with Crippen molar-refractivity contribution in [2.75, 3.05) is 27.7 Å². The maximum atomic E-state index is 10.9. The Labute approximate surface area is 68.3 Å². The number of ether oxygens (including phenoxy) is 1. The van der Waals surface area contributed by atoms with Crippen molar-refractivity contribution in [2.24, 2.45) is 5.92 Å². The summed E-state index contributed by atoms with van der Waals surface area (Å²) in [5.74, 6) is -0.103. The number of nitrogens with zero attached hydrogens (tertiary/aromatic N) is 1. The average Bonchev–Trinajstić information content (AvgIpc) is 1.98. The van der Waals surface area contributed by atoms with Crippen molar-refractivity contribution in [3.8, 4) is 0 Å². The average molecular weight is 159 g/mol. The van der Waals surface area contributed by atoms with Crippen LogP contribution in [0, 0.1) is 5.92 Å². The highest BCUT2D eigenvalue weighted by atomic mass is 16.5. The summed E-state index contributed by atoms with van der Waals surface area (Å²) in [4.78, 5) is 12.9. The molecule has 11 heavy (non-hydrogen) atoms. The zero-order valence-electron chi connectivity index (χ0n) is 7.76. The normalized spacial score (nSPS) is 13.2. The SMILES string of the molecule is COC(=O)[C@@H](C)CCN(C)C. The third-order valence-electron chi connectivity index (χ3n) is 1.61. The van der Waals surface area contributed by atoms with Gasteiger partial charge in [0, 0.05) is 0 Å². The molecule has 0 aliphatic heterocycles. The van der Waals surface area contributed by atoms with Crippen LogP contribution in [0.1, 0.15) is 13.3 Å². The highest BCUT2D eigenvalue weighted by Crippen LogP contribution is 2.03. The molecule has 3 nitrogen and oxygen atoms in total. The summed E-state index contributed by atoms with van der Waals surface area (Å²) in [6.45, 7) is 2.81. The summed E-state index contributed by atoms with van der Waals surface area (Å²) in [7, 11) is 5.41. The second-order valence-corrected chi connectivity index (χ2v) is 3.02. The van der Waals surface area contributed by atoms with Crippen LogP contribution in [-0.4, -0.2) is 38.6 Å². The fourth-order valence-corrected chi connectivity index (χ4v) is 0.771. The predicted octanol–water partition coefficient (Wildman–Crippen LogP) is 0.747. The molecule has 0 rings (SSSR count). The number of methoxy groups -OCH3 is 1. The fraction of sp³-hybridized carbons (Fsp3) is 0.875. The van der Waals surface area contributed by atoms with Crippen LogP contribution in [-0.2, 0) is 9.53 Å². The minimum atomic E-state index is -0.119. The van der Waals surface area contributed by atoms with E-state index < -0.39 is 0 Å². The van der Waals surface area contributed by atoms with Crippen LogP contribution in [0.25, 0.3) is 0 Å². The first-order valence-electron chi connectivity index (χ1n) is 3.80. The van der Waals surface area contributed by atoms with Crippen LogP contribution < -0.4 is 0 Å². The molecule has 0 aliphatic carbocycles. The molecule has 0 aromatic rings. The summed E-state index contributed by atoms with van der Waals surface area (Å²) in [6, 6.07) is 0. The first-order chi connectivity index (χ1) is 5.07. The van der Waals surface area contributed by atoms with E-state index in [1.165, 1.54) is 7.11 Å². The monoisotopic (exact) mass is 159 g/mol. The number of carbonyl (C=O) groups excluding carboxylic acids is 1. The molecule has 66 valence electrons. The Kier molecular flexibility index (Phi) is 4.86. The molecule has 0 aromatic heterocycles. The Hall–Kier alpha value is -0.570. The molecule has 3 heteroatoms. The van der Waals surface area contributed by atoms with E-state index in [1.807, 2.05) is 21.0 Å². The van der Waals surface area contributed by atoms with Crippen molar-refractivity contribution in [2.45, 2.75) is 13.3 Å². The van der Waals surface area contributed by atoms with Gasteiger partial charge in [-0.05, 0) is 27.1 Å². The van der Waals surface area contributed by atoms with E-state index in [0.717, 1.165) is 13.0 Å². The fourth-order valence-electron chi connectivity index (χ4n) is 0.771. The van der Waals surface area contributed by atoms with Gasteiger partial charge in [0.2, 0.25) is 0 Å². The first-order valence-corrected chi connectivity index (χ1v) is 3.80. The zero-order chi connectivity index (χ0) is 8.85. The van der Waals surface area contributed by atoms with E-state index in [0.29, 0.717) is 0 Å². The molecular weight excluding hydrogens is 142 g/mol. The van der Waals surface area contributed by atoms with Crippen molar-refractivity contribution in [3.63, 3.8) is 0 Å². The molecule has 0 N–H and O–H groups in total. The third kappa shape index (κ3) is 4.79. The summed E-state index contributed by atoms with van der Waals surface area (Å²) < 4.78 is 4.59. The van der Waals surface area contributed by atoms with Gasteiger partial charge in [0.15, 0.2) is 0 Å². The van der Waals surface area contributed by atoms with E-state index in [2.05, 4.69) is 9.64 Å². The number of esters is 1. The molecule has 0 heterocycles. The second-order valence-electron chi connectivity index (χ2n) is 3.02. The highest BCUT2D eigenvalue weighted by molar-refractivity contribution is 5.71. The van der Waals surface area contributed by atoms with Crippen LogP contribution in [0.2, 0.25) is 0 Å². The zero-order valence-corrected chi connectivity index (χ0v) is 7.76. The van der Waals surface area contributed by atoms with Crippen LogP contribution in [0.5, 0.6) is 0 Å². The van der Waals surface area contributed by atoms with Crippen LogP contribution >= 0.6 is 0 Å². The van der Waals surface area contributed by atoms with Gasteiger partial charge in [-0.1, -0.05) is 6.92 Å². The summed E-state index contributed by atoms with van der Waals surface area (Å²) in [5.41, 5.74) is 0.